The van der Waals surface area contributed by atoms with Gasteiger partial charge in [-0.05, 0) is 62.7 Å². The fraction of sp³-hybridized carbons (Fsp3) is 0.409. The van der Waals surface area contributed by atoms with Crippen LogP contribution >= 0.6 is 0 Å². The van der Waals surface area contributed by atoms with E-state index < -0.39 is 0 Å². The molecule has 5 heteroatoms. The average Bonchev–Trinajstić information content (AvgIpc) is 2.67. The topological polar surface area (TPSA) is 44.8 Å². The van der Waals surface area contributed by atoms with E-state index in [2.05, 4.69) is 41.4 Å². The molecule has 0 saturated carbocycles. The number of ether oxygens (including phenoxy) is 1. The third-order valence-electron chi connectivity index (χ3n) is 4.67. The van der Waals surface area contributed by atoms with Gasteiger partial charge in [-0.25, -0.2) is 0 Å². The van der Waals surface area contributed by atoms with Gasteiger partial charge in [0, 0.05) is 37.6 Å². The van der Waals surface area contributed by atoms with Crippen LogP contribution in [0.2, 0.25) is 0 Å². The maximum atomic E-state index is 12.5. The Balaban J connectivity index is 1.45. The number of amides is 1. The third-order valence-corrected chi connectivity index (χ3v) is 4.67. The number of carbonyl (C=O) groups excluding carboxylic acids is 1. The lowest BCUT2D eigenvalue weighted by Gasteiger charge is -2.36. The lowest BCUT2D eigenvalue weighted by atomic mass is 10.2. The summed E-state index contributed by atoms with van der Waals surface area (Å²) in [6, 6.07) is 16.3. The van der Waals surface area contributed by atoms with Gasteiger partial charge in [0.05, 0.1) is 12.6 Å². The Morgan fingerprint density at radius 2 is 1.78 bits per heavy atom. The quantitative estimate of drug-likeness (QED) is 0.848. The first-order valence-corrected chi connectivity index (χ1v) is 9.61. The fourth-order valence-electron chi connectivity index (χ4n) is 3.25. The summed E-state index contributed by atoms with van der Waals surface area (Å²) in [7, 11) is 0. The van der Waals surface area contributed by atoms with Crippen molar-refractivity contribution in [2.45, 2.75) is 26.9 Å². The molecule has 0 aromatic heterocycles. The Morgan fingerprint density at radius 3 is 2.41 bits per heavy atom. The minimum absolute atomic E-state index is 0.140. The van der Waals surface area contributed by atoms with Crippen molar-refractivity contribution in [3.63, 3.8) is 0 Å². The molecule has 5 nitrogen and oxygen atoms in total. The fourth-order valence-corrected chi connectivity index (χ4v) is 3.25. The van der Waals surface area contributed by atoms with Gasteiger partial charge in [0.2, 0.25) is 5.91 Å². The summed E-state index contributed by atoms with van der Waals surface area (Å²) in [6.07, 6.45) is 0.156. The monoisotopic (exact) mass is 367 g/mol. The molecule has 27 heavy (non-hydrogen) atoms. The van der Waals surface area contributed by atoms with Crippen molar-refractivity contribution in [3.8, 4) is 5.75 Å². The Labute approximate surface area is 161 Å². The van der Waals surface area contributed by atoms with Gasteiger partial charge in [-0.15, -0.1) is 0 Å². The minimum Gasteiger partial charge on any atom is -0.491 e. The van der Waals surface area contributed by atoms with E-state index in [1.165, 1.54) is 11.3 Å². The van der Waals surface area contributed by atoms with E-state index in [0.29, 0.717) is 6.54 Å². The van der Waals surface area contributed by atoms with E-state index in [0.717, 1.165) is 37.6 Å². The van der Waals surface area contributed by atoms with Crippen molar-refractivity contribution < 1.29 is 9.53 Å². The SMILES string of the molecule is Cc1cccc(N2CCN(C(=O)CNc3ccc(OC(C)C)cc3)CC2)c1. The standard InChI is InChI=1S/C22H29N3O2/c1-17(2)27-21-9-7-19(8-10-21)23-16-22(26)25-13-11-24(12-14-25)20-6-4-5-18(3)15-20/h4-10,15,17,23H,11-14,16H2,1-3H3. The normalized spacial score (nSPS) is 14.4. The molecule has 1 heterocycles. The summed E-state index contributed by atoms with van der Waals surface area (Å²) in [5.74, 6) is 0.982. The van der Waals surface area contributed by atoms with Crippen molar-refractivity contribution >= 4 is 17.3 Å². The second kappa shape index (κ2) is 8.80. The van der Waals surface area contributed by atoms with Gasteiger partial charge >= 0.3 is 0 Å². The lowest BCUT2D eigenvalue weighted by Crippen LogP contribution is -2.50. The van der Waals surface area contributed by atoms with E-state index in [-0.39, 0.29) is 12.0 Å². The predicted octanol–water partition coefficient (Wildman–Crippen LogP) is 3.54. The maximum absolute atomic E-state index is 12.5. The molecule has 0 radical (unpaired) electrons. The highest BCUT2D eigenvalue weighted by Crippen LogP contribution is 2.19. The van der Waals surface area contributed by atoms with Crippen LogP contribution in [0.5, 0.6) is 5.75 Å². The zero-order chi connectivity index (χ0) is 19.2. The first kappa shape index (κ1) is 19.1. The van der Waals surface area contributed by atoms with Crippen LogP contribution in [0.15, 0.2) is 48.5 Å². The van der Waals surface area contributed by atoms with Gasteiger partial charge in [-0.1, -0.05) is 12.1 Å². The molecule has 0 unspecified atom stereocenters. The van der Waals surface area contributed by atoms with E-state index in [1.807, 2.05) is 43.0 Å². The highest BCUT2D eigenvalue weighted by atomic mass is 16.5. The number of piperazine rings is 1. The molecule has 1 amide bonds. The molecule has 144 valence electrons. The van der Waals surface area contributed by atoms with Crippen LogP contribution in [0.3, 0.4) is 0 Å². The summed E-state index contributed by atoms with van der Waals surface area (Å²) >= 11 is 0. The number of anilines is 2. The number of nitrogens with one attached hydrogen (secondary N) is 1. The van der Waals surface area contributed by atoms with Gasteiger partial charge < -0.3 is 19.9 Å². The van der Waals surface area contributed by atoms with Crippen molar-refractivity contribution in [1.82, 2.24) is 4.90 Å². The zero-order valence-corrected chi connectivity index (χ0v) is 16.4. The Morgan fingerprint density at radius 1 is 1.07 bits per heavy atom. The van der Waals surface area contributed by atoms with Crippen LogP contribution in [0.4, 0.5) is 11.4 Å². The highest BCUT2D eigenvalue weighted by molar-refractivity contribution is 5.81. The molecule has 1 aliphatic rings. The molecule has 3 rings (SSSR count). The van der Waals surface area contributed by atoms with E-state index in [9.17, 15) is 4.79 Å². The Kier molecular flexibility index (Phi) is 6.22. The molecular formula is C22H29N3O2. The lowest BCUT2D eigenvalue weighted by molar-refractivity contribution is -0.129. The number of nitrogens with zero attached hydrogens (tertiary/aromatic N) is 2. The molecule has 1 fully saturated rings. The van der Waals surface area contributed by atoms with Crippen molar-refractivity contribution in [2.24, 2.45) is 0 Å². The summed E-state index contributed by atoms with van der Waals surface area (Å²) in [5.41, 5.74) is 3.43. The zero-order valence-electron chi connectivity index (χ0n) is 16.4. The smallest absolute Gasteiger partial charge is 0.241 e. The van der Waals surface area contributed by atoms with Gasteiger partial charge in [-0.2, -0.15) is 0 Å². The molecular weight excluding hydrogens is 338 g/mol. The van der Waals surface area contributed by atoms with Gasteiger partial charge in [0.1, 0.15) is 5.75 Å². The van der Waals surface area contributed by atoms with Crippen LogP contribution < -0.4 is 15.0 Å². The van der Waals surface area contributed by atoms with E-state index in [4.69, 9.17) is 4.74 Å². The summed E-state index contributed by atoms with van der Waals surface area (Å²) in [4.78, 5) is 16.8. The highest BCUT2D eigenvalue weighted by Gasteiger charge is 2.21. The van der Waals surface area contributed by atoms with Crippen LogP contribution in [-0.2, 0) is 4.79 Å². The second-order valence-corrected chi connectivity index (χ2v) is 7.25. The van der Waals surface area contributed by atoms with Crippen molar-refractivity contribution in [3.05, 3.63) is 54.1 Å². The van der Waals surface area contributed by atoms with Crippen LogP contribution in [-0.4, -0.2) is 49.6 Å². The van der Waals surface area contributed by atoms with Crippen LogP contribution in [0.25, 0.3) is 0 Å². The number of carbonyl (C=O) groups is 1. The largest absolute Gasteiger partial charge is 0.491 e. The van der Waals surface area contributed by atoms with Gasteiger partial charge in [0.15, 0.2) is 0 Å². The van der Waals surface area contributed by atoms with Gasteiger partial charge in [-0.3, -0.25) is 4.79 Å². The summed E-state index contributed by atoms with van der Waals surface area (Å²) in [6.45, 7) is 9.69. The van der Waals surface area contributed by atoms with Gasteiger partial charge in [0.25, 0.3) is 0 Å². The predicted molar refractivity (Wildman–Crippen MR) is 111 cm³/mol. The molecule has 0 bridgehead atoms. The van der Waals surface area contributed by atoms with E-state index in [1.54, 1.807) is 0 Å². The molecule has 1 aliphatic heterocycles. The average molecular weight is 367 g/mol. The van der Waals surface area contributed by atoms with E-state index >= 15 is 0 Å². The Bertz CT molecular complexity index is 750. The van der Waals surface area contributed by atoms with Crippen LogP contribution in [0, 0.1) is 6.92 Å². The molecule has 2 aromatic carbocycles. The maximum Gasteiger partial charge on any atom is 0.241 e. The molecule has 1 N–H and O–H groups in total. The summed E-state index contributed by atoms with van der Waals surface area (Å²) in [5, 5.41) is 3.21. The number of benzene rings is 2. The number of rotatable bonds is 6. The van der Waals surface area contributed by atoms with Crippen molar-refractivity contribution in [1.29, 1.82) is 0 Å². The van der Waals surface area contributed by atoms with Crippen molar-refractivity contribution in [2.75, 3.05) is 42.9 Å². The molecule has 1 saturated heterocycles. The molecule has 2 aromatic rings. The first-order valence-electron chi connectivity index (χ1n) is 9.61. The first-order chi connectivity index (χ1) is 13.0. The number of aryl methyl sites for hydroxylation is 1. The van der Waals surface area contributed by atoms with Crippen LogP contribution in [0.1, 0.15) is 19.4 Å². The molecule has 0 atom stereocenters. The second-order valence-electron chi connectivity index (χ2n) is 7.25. The number of hydrogen-bond donors (Lipinski definition) is 1. The molecule has 0 aliphatic carbocycles. The number of hydrogen-bond acceptors (Lipinski definition) is 4. The minimum atomic E-state index is 0.140. The summed E-state index contributed by atoms with van der Waals surface area (Å²) < 4.78 is 5.64. The Hall–Kier alpha value is -2.69. The third kappa shape index (κ3) is 5.39. The molecule has 0 spiro atoms.